The molecule has 1 aromatic heterocycles. The molecule has 4 aromatic rings. The van der Waals surface area contributed by atoms with E-state index in [9.17, 15) is 5.11 Å². The van der Waals surface area contributed by atoms with Crippen LogP contribution in [-0.4, -0.2) is 14.8 Å². The number of nitrogens with zero attached hydrogens (tertiary/aromatic N) is 3. The standard InChI is InChI=1S/C23H18Cl2N4OS/c1-14-9-10-17(12-19(14)25)26-23(31)28-27-21-18-7-2-3-8-20(18)29(22(21)30)13-15-5-4-6-16(24)11-15/h2-12,30H,13H2,1H3,(H,26,31). The molecule has 0 aliphatic carbocycles. The Balaban J connectivity index is 1.63. The van der Waals surface area contributed by atoms with Crippen LogP contribution in [-0.2, 0) is 6.54 Å². The number of nitrogens with one attached hydrogen (secondary N) is 1. The summed E-state index contributed by atoms with van der Waals surface area (Å²) in [5.41, 5.74) is 3.83. The normalized spacial score (nSPS) is 11.3. The fraction of sp³-hybridized carbons (Fsp3) is 0.0870. The summed E-state index contributed by atoms with van der Waals surface area (Å²) in [5.74, 6) is 0.00565. The predicted molar refractivity (Wildman–Crippen MR) is 131 cm³/mol. The van der Waals surface area contributed by atoms with Crippen molar-refractivity contribution in [1.29, 1.82) is 0 Å². The van der Waals surface area contributed by atoms with Gasteiger partial charge in [0, 0.05) is 21.1 Å². The maximum Gasteiger partial charge on any atom is 0.221 e. The van der Waals surface area contributed by atoms with Crippen molar-refractivity contribution in [2.24, 2.45) is 10.2 Å². The highest BCUT2D eigenvalue weighted by Gasteiger charge is 2.17. The Kier molecular flexibility index (Phi) is 6.23. The number of para-hydroxylation sites is 1. The zero-order chi connectivity index (χ0) is 22.0. The molecular weight excluding hydrogens is 451 g/mol. The minimum absolute atomic E-state index is 0.00565. The molecule has 4 rings (SSSR count). The zero-order valence-electron chi connectivity index (χ0n) is 16.5. The fourth-order valence-corrected chi connectivity index (χ4v) is 3.81. The summed E-state index contributed by atoms with van der Waals surface area (Å²) in [4.78, 5) is 0. The summed E-state index contributed by atoms with van der Waals surface area (Å²) >= 11 is 17.5. The molecule has 0 radical (unpaired) electrons. The number of benzene rings is 3. The van der Waals surface area contributed by atoms with Crippen LogP contribution < -0.4 is 5.32 Å². The number of azo groups is 1. The van der Waals surface area contributed by atoms with Crippen molar-refractivity contribution in [1.82, 2.24) is 4.57 Å². The van der Waals surface area contributed by atoms with Crippen LogP contribution in [0.3, 0.4) is 0 Å². The van der Waals surface area contributed by atoms with Gasteiger partial charge in [-0.15, -0.1) is 10.2 Å². The van der Waals surface area contributed by atoms with E-state index in [1.807, 2.05) is 67.6 Å². The summed E-state index contributed by atoms with van der Waals surface area (Å²) in [7, 11) is 0. The van der Waals surface area contributed by atoms with Gasteiger partial charge in [-0.1, -0.05) is 59.6 Å². The number of hydrogen-bond donors (Lipinski definition) is 2. The SMILES string of the molecule is Cc1ccc(NC(=S)N=Nc2c(O)n(Cc3cccc(Cl)c3)c3ccccc23)cc1Cl. The van der Waals surface area contributed by atoms with E-state index in [1.54, 1.807) is 10.6 Å². The van der Waals surface area contributed by atoms with Crippen LogP contribution in [0, 0.1) is 6.92 Å². The van der Waals surface area contributed by atoms with Crippen LogP contribution in [0.5, 0.6) is 5.88 Å². The Morgan fingerprint density at radius 1 is 1.06 bits per heavy atom. The summed E-state index contributed by atoms with van der Waals surface area (Å²) in [6.45, 7) is 2.36. The molecule has 0 aliphatic rings. The minimum Gasteiger partial charge on any atom is -0.493 e. The lowest BCUT2D eigenvalue weighted by atomic mass is 10.2. The first kappa shape index (κ1) is 21.3. The van der Waals surface area contributed by atoms with Crippen molar-refractivity contribution < 1.29 is 5.11 Å². The van der Waals surface area contributed by atoms with Gasteiger partial charge in [0.1, 0.15) is 0 Å². The largest absolute Gasteiger partial charge is 0.493 e. The molecule has 0 spiro atoms. The van der Waals surface area contributed by atoms with Crippen molar-refractivity contribution in [2.45, 2.75) is 13.5 Å². The first-order valence-electron chi connectivity index (χ1n) is 9.46. The third-order valence-corrected chi connectivity index (χ3v) is 5.64. The molecule has 0 atom stereocenters. The maximum absolute atomic E-state index is 10.9. The van der Waals surface area contributed by atoms with Crippen molar-refractivity contribution in [3.05, 3.63) is 87.9 Å². The number of anilines is 1. The topological polar surface area (TPSA) is 61.9 Å². The number of aromatic hydroxyl groups is 1. The number of thiocarbonyl (C=S) groups is 1. The Bertz CT molecular complexity index is 1320. The quantitative estimate of drug-likeness (QED) is 0.240. The van der Waals surface area contributed by atoms with Gasteiger partial charge in [-0.2, -0.15) is 0 Å². The van der Waals surface area contributed by atoms with Gasteiger partial charge in [0.15, 0.2) is 5.69 Å². The highest BCUT2D eigenvalue weighted by Crippen LogP contribution is 2.39. The predicted octanol–water partition coefficient (Wildman–Crippen LogP) is 7.49. The number of hydrogen-bond acceptors (Lipinski definition) is 3. The summed E-state index contributed by atoms with van der Waals surface area (Å²) in [6, 6.07) is 20.6. The molecule has 0 aliphatic heterocycles. The summed E-state index contributed by atoms with van der Waals surface area (Å²) in [5, 5.41) is 24.4. The molecule has 156 valence electrons. The minimum atomic E-state index is 0.00565. The molecule has 0 saturated carbocycles. The van der Waals surface area contributed by atoms with Gasteiger partial charge in [-0.05, 0) is 60.6 Å². The van der Waals surface area contributed by atoms with Crippen LogP contribution in [0.2, 0.25) is 10.0 Å². The molecule has 0 saturated heterocycles. The number of aryl methyl sites for hydroxylation is 1. The molecule has 5 nitrogen and oxygen atoms in total. The number of fused-ring (bicyclic) bond motifs is 1. The summed E-state index contributed by atoms with van der Waals surface area (Å²) in [6.07, 6.45) is 0. The van der Waals surface area contributed by atoms with Crippen molar-refractivity contribution in [3.63, 3.8) is 0 Å². The third kappa shape index (κ3) is 4.71. The lowest BCUT2D eigenvalue weighted by molar-refractivity contribution is 0.429. The van der Waals surface area contributed by atoms with Crippen molar-refractivity contribution in [2.75, 3.05) is 5.32 Å². The Labute approximate surface area is 194 Å². The highest BCUT2D eigenvalue weighted by atomic mass is 35.5. The molecule has 0 bridgehead atoms. The van der Waals surface area contributed by atoms with Gasteiger partial charge in [0.25, 0.3) is 0 Å². The number of rotatable bonds is 4. The molecule has 8 heteroatoms. The van der Waals surface area contributed by atoms with E-state index in [0.29, 0.717) is 28.0 Å². The van der Waals surface area contributed by atoms with E-state index < -0.39 is 0 Å². The van der Waals surface area contributed by atoms with Crippen LogP contribution >= 0.6 is 35.4 Å². The smallest absolute Gasteiger partial charge is 0.221 e. The van der Waals surface area contributed by atoms with E-state index in [1.165, 1.54) is 0 Å². The number of halogens is 2. The average Bonchev–Trinajstić information content (AvgIpc) is 3.00. The lowest BCUT2D eigenvalue weighted by Gasteiger charge is -2.07. The summed E-state index contributed by atoms with van der Waals surface area (Å²) < 4.78 is 1.77. The van der Waals surface area contributed by atoms with Crippen LogP contribution in [0.1, 0.15) is 11.1 Å². The van der Waals surface area contributed by atoms with Gasteiger partial charge < -0.3 is 15.0 Å². The fourth-order valence-electron chi connectivity index (χ4n) is 3.26. The zero-order valence-corrected chi connectivity index (χ0v) is 18.8. The maximum atomic E-state index is 10.9. The molecular formula is C23H18Cl2N4OS. The molecule has 2 N–H and O–H groups in total. The van der Waals surface area contributed by atoms with Gasteiger partial charge in [0.2, 0.25) is 11.0 Å². The number of aromatic nitrogens is 1. The van der Waals surface area contributed by atoms with E-state index in [0.717, 1.165) is 22.0 Å². The van der Waals surface area contributed by atoms with E-state index >= 15 is 0 Å². The van der Waals surface area contributed by atoms with Crippen LogP contribution in [0.25, 0.3) is 10.9 Å². The monoisotopic (exact) mass is 468 g/mol. The Morgan fingerprint density at radius 3 is 2.65 bits per heavy atom. The molecule has 0 fully saturated rings. The van der Waals surface area contributed by atoms with Gasteiger partial charge in [-0.3, -0.25) is 0 Å². The molecule has 31 heavy (non-hydrogen) atoms. The van der Waals surface area contributed by atoms with Crippen LogP contribution in [0.15, 0.2) is 77.0 Å². The van der Waals surface area contributed by atoms with E-state index in [-0.39, 0.29) is 11.0 Å². The van der Waals surface area contributed by atoms with Crippen molar-refractivity contribution >= 4 is 62.8 Å². The molecule has 1 heterocycles. The Morgan fingerprint density at radius 2 is 1.87 bits per heavy atom. The second kappa shape index (κ2) is 9.06. The second-order valence-corrected chi connectivity index (χ2v) is 8.23. The van der Waals surface area contributed by atoms with Gasteiger partial charge in [-0.25, -0.2) is 0 Å². The van der Waals surface area contributed by atoms with E-state index in [4.69, 9.17) is 35.4 Å². The average molecular weight is 469 g/mol. The molecule has 3 aromatic carbocycles. The first-order chi connectivity index (χ1) is 14.9. The van der Waals surface area contributed by atoms with Gasteiger partial charge >= 0.3 is 0 Å². The molecule has 0 unspecified atom stereocenters. The van der Waals surface area contributed by atoms with Crippen molar-refractivity contribution in [3.8, 4) is 5.88 Å². The van der Waals surface area contributed by atoms with Crippen LogP contribution in [0.4, 0.5) is 11.4 Å². The lowest BCUT2D eigenvalue weighted by Crippen LogP contribution is -2.04. The van der Waals surface area contributed by atoms with Gasteiger partial charge in [0.05, 0.1) is 12.1 Å². The Hall–Kier alpha value is -2.93. The highest BCUT2D eigenvalue weighted by molar-refractivity contribution is 7.80. The third-order valence-electron chi connectivity index (χ3n) is 4.81. The van der Waals surface area contributed by atoms with E-state index in [2.05, 4.69) is 15.5 Å². The second-order valence-electron chi connectivity index (χ2n) is 7.00. The first-order valence-corrected chi connectivity index (χ1v) is 10.6. The molecule has 0 amide bonds.